The Balaban J connectivity index is 2.11. The van der Waals surface area contributed by atoms with Gasteiger partial charge < -0.3 is 10.4 Å². The fraction of sp³-hybridized carbons (Fsp3) is 0.273. The molecule has 1 aliphatic heterocycles. The van der Waals surface area contributed by atoms with Crippen molar-refractivity contribution in [3.63, 3.8) is 0 Å². The van der Waals surface area contributed by atoms with E-state index < -0.39 is 17.7 Å². The van der Waals surface area contributed by atoms with Crippen molar-refractivity contribution >= 4 is 29.0 Å². The minimum absolute atomic E-state index is 0.0770. The van der Waals surface area contributed by atoms with E-state index in [-0.39, 0.29) is 29.6 Å². The molecule has 0 fully saturated rings. The van der Waals surface area contributed by atoms with Crippen LogP contribution in [0.1, 0.15) is 38.8 Å². The number of carbonyl (C=O) groups excluding carboxylic acids is 3. The number of rotatable bonds is 6. The number of hydrogen-bond acceptors (Lipinski definition) is 5. The van der Waals surface area contributed by atoms with E-state index in [0.29, 0.717) is 16.9 Å². The van der Waals surface area contributed by atoms with E-state index in [4.69, 9.17) is 0 Å². The zero-order valence-corrected chi connectivity index (χ0v) is 16.5. The minimum atomic E-state index is -0.774. The minimum Gasteiger partial charge on any atom is -0.503 e. The van der Waals surface area contributed by atoms with Crippen molar-refractivity contribution in [3.8, 4) is 0 Å². The topological polar surface area (TPSA) is 99.6 Å². The first-order chi connectivity index (χ1) is 13.8. The Morgan fingerprint density at radius 2 is 1.90 bits per heavy atom. The molecule has 1 unspecified atom stereocenters. The quantitative estimate of drug-likeness (QED) is 0.782. The van der Waals surface area contributed by atoms with Gasteiger partial charge in [-0.05, 0) is 41.8 Å². The van der Waals surface area contributed by atoms with Gasteiger partial charge in [-0.2, -0.15) is 0 Å². The normalized spacial score (nSPS) is 16.5. The van der Waals surface area contributed by atoms with E-state index in [0.717, 1.165) is 0 Å². The molecule has 1 aliphatic rings. The molecule has 1 atom stereocenters. The van der Waals surface area contributed by atoms with Gasteiger partial charge in [0.2, 0.25) is 5.91 Å². The van der Waals surface area contributed by atoms with E-state index in [1.54, 1.807) is 48.8 Å². The standard InChI is InChI=1S/C22H23N3O4/c1-13(2)11-18(27)19-20(15-7-9-23-10-8-15)25(22(29)21(19)28)17-6-4-5-16(12-17)24-14(3)26/h4-10,12-13,20,28H,11H2,1-3H3,(H,24,26). The molecule has 0 saturated carbocycles. The maximum atomic E-state index is 13.0. The van der Waals surface area contributed by atoms with Crippen molar-refractivity contribution in [1.29, 1.82) is 0 Å². The van der Waals surface area contributed by atoms with Crippen LogP contribution < -0.4 is 10.2 Å². The third-order valence-corrected chi connectivity index (χ3v) is 4.57. The molecule has 150 valence electrons. The first-order valence-electron chi connectivity index (χ1n) is 9.37. The molecule has 7 heteroatoms. The van der Waals surface area contributed by atoms with Gasteiger partial charge in [0.1, 0.15) is 0 Å². The fourth-order valence-corrected chi connectivity index (χ4v) is 3.44. The lowest BCUT2D eigenvalue weighted by Gasteiger charge is -2.27. The highest BCUT2D eigenvalue weighted by atomic mass is 16.3. The Hall–Kier alpha value is -3.48. The van der Waals surface area contributed by atoms with Crippen LogP contribution in [0.25, 0.3) is 0 Å². The molecule has 7 nitrogen and oxygen atoms in total. The number of nitrogens with zero attached hydrogens (tertiary/aromatic N) is 2. The summed E-state index contributed by atoms with van der Waals surface area (Å²) in [5, 5.41) is 13.3. The molecule has 2 N–H and O–H groups in total. The zero-order valence-electron chi connectivity index (χ0n) is 16.5. The molecule has 0 saturated heterocycles. The largest absolute Gasteiger partial charge is 0.503 e. The number of pyridine rings is 1. The van der Waals surface area contributed by atoms with Gasteiger partial charge in [0.25, 0.3) is 5.91 Å². The zero-order chi connectivity index (χ0) is 21.1. The number of aliphatic hydroxyl groups is 1. The molecular weight excluding hydrogens is 370 g/mol. The second kappa shape index (κ2) is 8.26. The van der Waals surface area contributed by atoms with Gasteiger partial charge >= 0.3 is 0 Å². The van der Waals surface area contributed by atoms with Crippen molar-refractivity contribution < 1.29 is 19.5 Å². The number of benzene rings is 1. The summed E-state index contributed by atoms with van der Waals surface area (Å²) in [6.45, 7) is 5.20. The molecule has 2 aromatic rings. The van der Waals surface area contributed by atoms with Crippen molar-refractivity contribution in [2.45, 2.75) is 33.2 Å². The van der Waals surface area contributed by atoms with Crippen molar-refractivity contribution in [2.75, 3.05) is 10.2 Å². The Kier molecular flexibility index (Phi) is 5.77. The van der Waals surface area contributed by atoms with Crippen LogP contribution >= 0.6 is 0 Å². The summed E-state index contributed by atoms with van der Waals surface area (Å²) < 4.78 is 0. The van der Waals surface area contributed by atoms with Crippen LogP contribution in [0.2, 0.25) is 0 Å². The summed E-state index contributed by atoms with van der Waals surface area (Å²) in [6, 6.07) is 9.38. The molecule has 1 aromatic heterocycles. The molecule has 1 aromatic carbocycles. The SMILES string of the molecule is CC(=O)Nc1cccc(N2C(=O)C(O)=C(C(=O)CC(C)C)C2c2ccncc2)c1. The number of aromatic nitrogens is 1. The summed E-state index contributed by atoms with van der Waals surface area (Å²) >= 11 is 0. The number of nitrogens with one attached hydrogen (secondary N) is 1. The summed E-state index contributed by atoms with van der Waals surface area (Å²) in [5.41, 5.74) is 1.72. The first-order valence-corrected chi connectivity index (χ1v) is 9.37. The van der Waals surface area contributed by atoms with E-state index in [1.807, 2.05) is 13.8 Å². The van der Waals surface area contributed by atoms with Gasteiger partial charge in [-0.15, -0.1) is 0 Å². The van der Waals surface area contributed by atoms with E-state index in [1.165, 1.54) is 11.8 Å². The smallest absolute Gasteiger partial charge is 0.294 e. The number of amides is 2. The average Bonchev–Trinajstić information content (AvgIpc) is 2.93. The van der Waals surface area contributed by atoms with Crippen LogP contribution in [0, 0.1) is 5.92 Å². The van der Waals surface area contributed by atoms with Crippen LogP contribution in [0.15, 0.2) is 60.1 Å². The Morgan fingerprint density at radius 3 is 2.52 bits per heavy atom. The number of carbonyl (C=O) groups is 3. The molecule has 0 bridgehead atoms. The molecule has 0 aliphatic carbocycles. The first kappa shape index (κ1) is 20.3. The van der Waals surface area contributed by atoms with Crippen molar-refractivity contribution in [2.24, 2.45) is 5.92 Å². The Morgan fingerprint density at radius 1 is 1.21 bits per heavy atom. The van der Waals surface area contributed by atoms with Crippen LogP contribution in [-0.2, 0) is 14.4 Å². The van der Waals surface area contributed by atoms with Gasteiger partial charge in [0.15, 0.2) is 11.5 Å². The lowest BCUT2D eigenvalue weighted by molar-refractivity contribution is -0.118. The highest BCUT2D eigenvalue weighted by Crippen LogP contribution is 2.41. The molecule has 0 radical (unpaired) electrons. The molecule has 3 rings (SSSR count). The summed E-state index contributed by atoms with van der Waals surface area (Å²) in [6.07, 6.45) is 3.37. The maximum Gasteiger partial charge on any atom is 0.294 e. The van der Waals surface area contributed by atoms with Crippen molar-refractivity contribution in [3.05, 3.63) is 65.7 Å². The van der Waals surface area contributed by atoms with Gasteiger partial charge in [-0.3, -0.25) is 24.3 Å². The highest BCUT2D eigenvalue weighted by molar-refractivity contribution is 6.16. The summed E-state index contributed by atoms with van der Waals surface area (Å²) in [5.74, 6) is -1.63. The number of Topliss-reactive ketones (excluding diaryl/α,β-unsaturated/α-hetero) is 1. The maximum absolute atomic E-state index is 13.0. The van der Waals surface area contributed by atoms with E-state index in [2.05, 4.69) is 10.3 Å². The highest BCUT2D eigenvalue weighted by Gasteiger charge is 2.44. The molecular formula is C22H23N3O4. The Bertz CT molecular complexity index is 983. The summed E-state index contributed by atoms with van der Waals surface area (Å²) in [4.78, 5) is 42.7. The predicted molar refractivity (Wildman–Crippen MR) is 109 cm³/mol. The number of ketones is 1. The van der Waals surface area contributed by atoms with Gasteiger partial charge in [-0.25, -0.2) is 0 Å². The Labute approximate surface area is 169 Å². The molecule has 0 spiro atoms. The van der Waals surface area contributed by atoms with E-state index in [9.17, 15) is 19.5 Å². The third-order valence-electron chi connectivity index (χ3n) is 4.57. The molecule has 2 heterocycles. The van der Waals surface area contributed by atoms with E-state index >= 15 is 0 Å². The predicted octanol–water partition coefficient (Wildman–Crippen LogP) is 3.56. The second-order valence-electron chi connectivity index (χ2n) is 7.37. The molecule has 2 amide bonds. The average molecular weight is 393 g/mol. The number of anilines is 2. The van der Waals surface area contributed by atoms with Crippen LogP contribution in [0.4, 0.5) is 11.4 Å². The van der Waals surface area contributed by atoms with Crippen LogP contribution in [0.5, 0.6) is 0 Å². The monoisotopic (exact) mass is 393 g/mol. The summed E-state index contributed by atoms with van der Waals surface area (Å²) in [7, 11) is 0. The van der Waals surface area contributed by atoms with Crippen LogP contribution in [-0.4, -0.2) is 27.7 Å². The lowest BCUT2D eigenvalue weighted by Crippen LogP contribution is -2.31. The van der Waals surface area contributed by atoms with Crippen molar-refractivity contribution in [1.82, 2.24) is 4.98 Å². The molecule has 29 heavy (non-hydrogen) atoms. The fourth-order valence-electron chi connectivity index (χ4n) is 3.44. The number of hydrogen-bond donors (Lipinski definition) is 2. The van der Waals surface area contributed by atoms with Gasteiger partial charge in [0.05, 0.1) is 11.6 Å². The van der Waals surface area contributed by atoms with Gasteiger partial charge in [-0.1, -0.05) is 19.9 Å². The lowest BCUT2D eigenvalue weighted by atomic mass is 9.92. The second-order valence-corrected chi connectivity index (χ2v) is 7.37. The van der Waals surface area contributed by atoms with Crippen LogP contribution in [0.3, 0.4) is 0 Å². The third kappa shape index (κ3) is 4.18. The number of aliphatic hydroxyl groups excluding tert-OH is 1. The van der Waals surface area contributed by atoms with Gasteiger partial charge in [0, 0.05) is 37.1 Å².